The van der Waals surface area contributed by atoms with Crippen molar-refractivity contribution in [2.24, 2.45) is 18.0 Å². The molecule has 0 radical (unpaired) electrons. The number of sulfonamides is 1. The first kappa shape index (κ1) is 41.3. The van der Waals surface area contributed by atoms with Crippen LogP contribution in [0.2, 0.25) is 5.02 Å². The predicted molar refractivity (Wildman–Crippen MR) is 218 cm³/mol. The van der Waals surface area contributed by atoms with E-state index in [-0.39, 0.29) is 52.6 Å². The molecule has 3 aliphatic rings. The zero-order valence-electron chi connectivity index (χ0n) is 33.2. The van der Waals surface area contributed by atoms with Gasteiger partial charge in [-0.15, -0.1) is 0 Å². The first-order valence-corrected chi connectivity index (χ1v) is 21.5. The Balaban J connectivity index is 1.20. The van der Waals surface area contributed by atoms with Gasteiger partial charge < -0.3 is 10.2 Å². The number of nitrogens with zero attached hydrogens (tertiary/aromatic N) is 8. The van der Waals surface area contributed by atoms with Gasteiger partial charge in [0.05, 0.1) is 46.1 Å². The quantitative estimate of drug-likeness (QED) is 0.125. The van der Waals surface area contributed by atoms with Gasteiger partial charge in [0.2, 0.25) is 15.9 Å². The number of benzene rings is 3. The Morgan fingerprint density at radius 2 is 1.73 bits per heavy atom. The van der Waals surface area contributed by atoms with Crippen LogP contribution >= 0.6 is 11.6 Å². The minimum Gasteiger partial charge on any atom is -0.344 e. The number of alkyl halides is 4. The van der Waals surface area contributed by atoms with Gasteiger partial charge in [0, 0.05) is 48.0 Å². The molecule has 0 spiro atoms. The molecule has 13 nitrogen and oxygen atoms in total. The van der Waals surface area contributed by atoms with Crippen molar-refractivity contribution in [2.45, 2.75) is 64.1 Å². The van der Waals surface area contributed by atoms with Gasteiger partial charge in [-0.3, -0.25) is 18.9 Å². The predicted octanol–water partition coefficient (Wildman–Crippen LogP) is 7.77. The fraction of sp³-hybridized carbons (Fsp3) is 0.317. The highest BCUT2D eigenvalue weighted by Gasteiger charge is 2.67. The molecular weight excluding hydrogens is 862 g/mol. The van der Waals surface area contributed by atoms with Gasteiger partial charge in [-0.1, -0.05) is 23.7 Å². The van der Waals surface area contributed by atoms with E-state index in [2.05, 4.69) is 30.2 Å². The summed E-state index contributed by atoms with van der Waals surface area (Å²) >= 11 is 6.69. The number of carbonyl (C=O) groups is 1. The SMILES string of the molecule is Cc1ncnc(C)c1-c1ccc2c(c1)N=C([C@H](Cc1cc(F)cc(F)c1)NC(=O)Cn1nc(C(F)F)c3c1C(F)(F)[C@@H]1C[C@H]31)N(c1ccc(Cl)c3c(NS(C)(=O)=O)nn(C)c13)C2. The minimum absolute atomic E-state index is 0.0274. The first-order chi connectivity index (χ1) is 29.3. The van der Waals surface area contributed by atoms with Crippen molar-refractivity contribution >= 4 is 61.5 Å². The average molecular weight is 897 g/mol. The van der Waals surface area contributed by atoms with E-state index < -0.39 is 75.7 Å². The summed E-state index contributed by atoms with van der Waals surface area (Å²) in [7, 11) is -2.28. The van der Waals surface area contributed by atoms with E-state index in [0.29, 0.717) is 50.2 Å². The summed E-state index contributed by atoms with van der Waals surface area (Å²) in [6, 6.07) is 10.2. The van der Waals surface area contributed by atoms with Gasteiger partial charge in [-0.25, -0.2) is 40.9 Å². The second-order valence-corrected chi connectivity index (χ2v) is 17.9. The van der Waals surface area contributed by atoms with E-state index in [9.17, 15) is 30.8 Å². The van der Waals surface area contributed by atoms with Crippen LogP contribution in [0.5, 0.6) is 0 Å². The number of nitrogens with one attached hydrogen (secondary N) is 2. The van der Waals surface area contributed by atoms with Crippen LogP contribution in [0.3, 0.4) is 0 Å². The number of halogens is 7. The van der Waals surface area contributed by atoms with Crippen LogP contribution in [0, 0.1) is 31.4 Å². The Bertz CT molecular complexity index is 2970. The number of amidine groups is 1. The van der Waals surface area contributed by atoms with Crippen molar-refractivity contribution in [3.8, 4) is 11.1 Å². The van der Waals surface area contributed by atoms with Crippen molar-refractivity contribution in [1.29, 1.82) is 0 Å². The maximum absolute atomic E-state index is 15.5. The molecule has 1 amide bonds. The molecule has 0 saturated heterocycles. The number of anilines is 2. The van der Waals surface area contributed by atoms with E-state index in [1.54, 1.807) is 24.1 Å². The van der Waals surface area contributed by atoms with Crippen LogP contribution in [0.4, 0.5) is 43.5 Å². The summed E-state index contributed by atoms with van der Waals surface area (Å²) < 4.78 is 118. The Morgan fingerprint density at radius 3 is 2.40 bits per heavy atom. The van der Waals surface area contributed by atoms with E-state index in [0.717, 1.165) is 24.0 Å². The molecule has 21 heteroatoms. The molecule has 1 fully saturated rings. The van der Waals surface area contributed by atoms with E-state index in [1.807, 2.05) is 26.0 Å². The third-order valence-electron chi connectivity index (χ3n) is 11.4. The van der Waals surface area contributed by atoms with Crippen LogP contribution in [0.1, 0.15) is 58.2 Å². The molecule has 3 aromatic carbocycles. The highest BCUT2D eigenvalue weighted by atomic mass is 35.5. The average Bonchev–Trinajstić information content (AvgIpc) is 3.72. The summed E-state index contributed by atoms with van der Waals surface area (Å²) in [4.78, 5) is 29.7. The molecular formula is C41H35ClF6N10O3S. The summed E-state index contributed by atoms with van der Waals surface area (Å²) in [5, 5.41) is 11.4. The molecule has 6 aromatic rings. The van der Waals surface area contributed by atoms with Gasteiger partial charge in [0.25, 0.3) is 12.3 Å². The monoisotopic (exact) mass is 896 g/mol. The number of fused-ring (bicyclic) bond motifs is 5. The molecule has 0 unspecified atom stereocenters. The number of aryl methyl sites for hydroxylation is 3. The van der Waals surface area contributed by atoms with Crippen LogP contribution in [0.15, 0.2) is 59.9 Å². The second kappa shape index (κ2) is 14.8. The largest absolute Gasteiger partial charge is 0.344 e. The first-order valence-electron chi connectivity index (χ1n) is 19.2. The molecule has 2 N–H and O–H groups in total. The number of hydrogen-bond donors (Lipinski definition) is 2. The van der Waals surface area contributed by atoms with Crippen molar-refractivity contribution < 1.29 is 39.6 Å². The third-order valence-corrected chi connectivity index (χ3v) is 12.3. The van der Waals surface area contributed by atoms with E-state index >= 15 is 8.78 Å². The number of hydrogen-bond acceptors (Lipinski definition) is 9. The lowest BCUT2D eigenvalue weighted by molar-refractivity contribution is -0.122. The maximum atomic E-state index is 15.5. The molecule has 322 valence electrons. The highest BCUT2D eigenvalue weighted by molar-refractivity contribution is 7.92. The summed E-state index contributed by atoms with van der Waals surface area (Å²) in [5.74, 6) is -8.20. The van der Waals surface area contributed by atoms with Crippen molar-refractivity contribution in [3.05, 3.63) is 111 Å². The third kappa shape index (κ3) is 7.21. The number of amides is 1. The lowest BCUT2D eigenvalue weighted by atomic mass is 9.97. The van der Waals surface area contributed by atoms with Gasteiger partial charge in [-0.05, 0) is 73.2 Å². The normalized spacial score (nSPS) is 18.1. The number of carbonyl (C=O) groups excluding carboxylic acids is 1. The highest BCUT2D eigenvalue weighted by Crippen LogP contribution is 2.68. The van der Waals surface area contributed by atoms with Crippen LogP contribution in [-0.2, 0) is 47.3 Å². The Labute approximate surface area is 354 Å². The van der Waals surface area contributed by atoms with Crippen LogP contribution < -0.4 is 14.9 Å². The van der Waals surface area contributed by atoms with Crippen LogP contribution in [-0.4, -0.2) is 62.0 Å². The van der Waals surface area contributed by atoms with E-state index in [1.165, 1.54) is 17.1 Å². The molecule has 4 heterocycles. The van der Waals surface area contributed by atoms with Gasteiger partial charge >= 0.3 is 0 Å². The Morgan fingerprint density at radius 1 is 1.02 bits per heavy atom. The van der Waals surface area contributed by atoms with Crippen molar-refractivity contribution in [3.63, 3.8) is 0 Å². The second-order valence-electron chi connectivity index (χ2n) is 15.7. The molecule has 3 atom stereocenters. The minimum atomic E-state index is -3.84. The van der Waals surface area contributed by atoms with Crippen LogP contribution in [0.25, 0.3) is 22.0 Å². The fourth-order valence-corrected chi connectivity index (χ4v) is 9.56. The number of aliphatic imine (C=N–C) groups is 1. The van der Waals surface area contributed by atoms with Crippen molar-refractivity contribution in [2.75, 3.05) is 15.9 Å². The number of aromatic nitrogens is 6. The molecule has 2 aliphatic carbocycles. The molecule has 1 aliphatic heterocycles. The standard InChI is InChI=1S/C41H35ClF6N10O3S/c1-18-32(19(2)50-17-49-18)21-5-6-22-15-57(30-8-7-27(42)34-36(30)56(3)54-39(34)55-62(4,60)61)40(52-28(22)12-21)29(11-20-9-23(43)13-24(44)10-20)51-31(59)16-58-37-33(35(53-58)38(45)46)25-14-26(25)41(37,47)48/h5-10,12-13,17,25-26,29,38H,11,14-16H2,1-4H3,(H,51,59)(H,54,55)/t25-,26+,29-/m0/s1. The zero-order valence-corrected chi connectivity index (χ0v) is 34.8. The van der Waals surface area contributed by atoms with Gasteiger partial charge in [-0.2, -0.15) is 19.0 Å². The maximum Gasteiger partial charge on any atom is 0.293 e. The smallest absolute Gasteiger partial charge is 0.293 e. The van der Waals surface area contributed by atoms with Gasteiger partial charge in [0.1, 0.15) is 41.7 Å². The summed E-state index contributed by atoms with van der Waals surface area (Å²) in [6.07, 6.45) is -1.05. The zero-order chi connectivity index (χ0) is 44.2. The Kier molecular flexibility index (Phi) is 9.88. The topological polar surface area (TPSA) is 152 Å². The van der Waals surface area contributed by atoms with Crippen molar-refractivity contribution in [1.82, 2.24) is 34.8 Å². The summed E-state index contributed by atoms with van der Waals surface area (Å²) in [5.41, 5.74) is 2.95. The molecule has 62 heavy (non-hydrogen) atoms. The molecule has 9 rings (SSSR count). The molecule has 0 bridgehead atoms. The molecule has 3 aromatic heterocycles. The van der Waals surface area contributed by atoms with E-state index in [4.69, 9.17) is 16.6 Å². The lowest BCUT2D eigenvalue weighted by Gasteiger charge is -2.36. The fourth-order valence-electron chi connectivity index (χ4n) is 8.83. The summed E-state index contributed by atoms with van der Waals surface area (Å²) in [6.45, 7) is 2.81. The number of rotatable bonds is 11. The molecule has 1 saturated carbocycles. The Hall–Kier alpha value is -6.02. The lowest BCUT2D eigenvalue weighted by Crippen LogP contribution is -2.51. The van der Waals surface area contributed by atoms with Gasteiger partial charge in [0.15, 0.2) is 5.82 Å².